The van der Waals surface area contributed by atoms with Crippen LogP contribution in [0.5, 0.6) is 0 Å². The molecule has 0 aliphatic heterocycles. The molecule has 9 heteroatoms. The standard InChI is InChI=1S/C22H21FN6OS/c1-27(13-16-12-24-29(14-16)17-8-4-3-5-9-17)20(30)15-31-22-26-25-21(28(22)2)18-10-6-7-11-19(18)23/h3-12,14H,13,15H2,1-2H3. The summed E-state index contributed by atoms with van der Waals surface area (Å²) < 4.78 is 17.5. The van der Waals surface area contributed by atoms with Crippen LogP contribution in [0, 0.1) is 5.82 Å². The lowest BCUT2D eigenvalue weighted by molar-refractivity contribution is -0.127. The maximum absolute atomic E-state index is 14.0. The van der Waals surface area contributed by atoms with E-state index in [1.165, 1.54) is 17.8 Å². The third-order valence-corrected chi connectivity index (χ3v) is 5.78. The Morgan fingerprint density at radius 1 is 1.10 bits per heavy atom. The number of nitrogens with zero attached hydrogens (tertiary/aromatic N) is 6. The maximum atomic E-state index is 14.0. The van der Waals surface area contributed by atoms with Gasteiger partial charge in [-0.15, -0.1) is 10.2 Å². The molecule has 0 fully saturated rings. The number of benzene rings is 2. The van der Waals surface area contributed by atoms with Crippen LogP contribution in [-0.2, 0) is 18.4 Å². The molecule has 0 saturated carbocycles. The van der Waals surface area contributed by atoms with Gasteiger partial charge in [0, 0.05) is 32.4 Å². The SMILES string of the molecule is CN(Cc1cnn(-c2ccccc2)c1)C(=O)CSc1nnc(-c2ccccc2F)n1C. The van der Waals surface area contributed by atoms with Gasteiger partial charge in [-0.05, 0) is 24.3 Å². The van der Waals surface area contributed by atoms with Crippen LogP contribution in [0.25, 0.3) is 17.1 Å². The molecule has 0 saturated heterocycles. The molecule has 7 nitrogen and oxygen atoms in total. The van der Waals surface area contributed by atoms with E-state index in [1.807, 2.05) is 36.5 Å². The van der Waals surface area contributed by atoms with Gasteiger partial charge in [-0.25, -0.2) is 9.07 Å². The topological polar surface area (TPSA) is 68.8 Å². The average molecular weight is 437 g/mol. The van der Waals surface area contributed by atoms with Crippen molar-refractivity contribution in [2.24, 2.45) is 7.05 Å². The summed E-state index contributed by atoms with van der Waals surface area (Å²) in [6.45, 7) is 0.450. The fourth-order valence-electron chi connectivity index (χ4n) is 3.08. The van der Waals surface area contributed by atoms with Gasteiger partial charge in [0.1, 0.15) is 5.82 Å². The van der Waals surface area contributed by atoms with E-state index in [0.29, 0.717) is 23.1 Å². The first kappa shape index (κ1) is 20.8. The van der Waals surface area contributed by atoms with Crippen LogP contribution in [0.1, 0.15) is 5.56 Å². The quantitative estimate of drug-likeness (QED) is 0.415. The molecule has 0 spiro atoms. The number of carbonyl (C=O) groups is 1. The second kappa shape index (κ2) is 9.13. The van der Waals surface area contributed by atoms with E-state index in [0.717, 1.165) is 11.3 Å². The summed E-state index contributed by atoms with van der Waals surface area (Å²) in [5, 5.41) is 13.1. The van der Waals surface area contributed by atoms with E-state index in [2.05, 4.69) is 15.3 Å². The molecule has 4 aromatic rings. The number of carbonyl (C=O) groups excluding carboxylic acids is 1. The first-order valence-corrected chi connectivity index (χ1v) is 10.6. The number of hydrogen-bond acceptors (Lipinski definition) is 5. The van der Waals surface area contributed by atoms with Gasteiger partial charge in [-0.1, -0.05) is 42.1 Å². The lowest BCUT2D eigenvalue weighted by Crippen LogP contribution is -2.27. The Kier molecular flexibility index (Phi) is 6.13. The van der Waals surface area contributed by atoms with Crippen LogP contribution in [0.15, 0.2) is 72.1 Å². The predicted octanol–water partition coefficient (Wildman–Crippen LogP) is 3.56. The van der Waals surface area contributed by atoms with E-state index >= 15 is 0 Å². The van der Waals surface area contributed by atoms with Crippen LogP contribution in [-0.4, -0.2) is 48.2 Å². The first-order chi connectivity index (χ1) is 15.0. The number of aromatic nitrogens is 5. The van der Waals surface area contributed by atoms with Crippen LogP contribution >= 0.6 is 11.8 Å². The molecule has 0 aliphatic rings. The van der Waals surface area contributed by atoms with Crippen molar-refractivity contribution < 1.29 is 9.18 Å². The fourth-order valence-corrected chi connectivity index (χ4v) is 3.93. The van der Waals surface area contributed by atoms with Crippen LogP contribution in [0.4, 0.5) is 4.39 Å². The van der Waals surface area contributed by atoms with Crippen molar-refractivity contribution in [1.29, 1.82) is 0 Å². The van der Waals surface area contributed by atoms with Gasteiger partial charge < -0.3 is 9.47 Å². The highest BCUT2D eigenvalue weighted by atomic mass is 32.2. The second-order valence-corrected chi connectivity index (χ2v) is 7.95. The number of para-hydroxylation sites is 1. The van der Waals surface area contributed by atoms with Gasteiger partial charge in [0.05, 0.1) is 23.2 Å². The number of thioether (sulfide) groups is 1. The Morgan fingerprint density at radius 3 is 2.61 bits per heavy atom. The lowest BCUT2D eigenvalue weighted by atomic mass is 10.2. The van der Waals surface area contributed by atoms with E-state index in [4.69, 9.17) is 0 Å². The van der Waals surface area contributed by atoms with Crippen molar-refractivity contribution in [2.75, 3.05) is 12.8 Å². The fraction of sp³-hybridized carbons (Fsp3) is 0.182. The third kappa shape index (κ3) is 4.66. The van der Waals surface area contributed by atoms with Crippen molar-refractivity contribution in [3.05, 3.63) is 78.4 Å². The van der Waals surface area contributed by atoms with E-state index in [-0.39, 0.29) is 17.5 Å². The minimum atomic E-state index is -0.360. The van der Waals surface area contributed by atoms with Crippen LogP contribution < -0.4 is 0 Å². The Bertz CT molecular complexity index is 1190. The molecule has 158 valence electrons. The highest BCUT2D eigenvalue weighted by molar-refractivity contribution is 7.99. The summed E-state index contributed by atoms with van der Waals surface area (Å²) >= 11 is 1.27. The van der Waals surface area contributed by atoms with Gasteiger partial charge in [0.2, 0.25) is 5.91 Å². The highest BCUT2D eigenvalue weighted by Crippen LogP contribution is 2.24. The molecule has 0 bridgehead atoms. The molecule has 0 atom stereocenters. The predicted molar refractivity (Wildman–Crippen MR) is 117 cm³/mol. The maximum Gasteiger partial charge on any atom is 0.233 e. The zero-order valence-corrected chi connectivity index (χ0v) is 18.0. The minimum Gasteiger partial charge on any atom is -0.341 e. The second-order valence-electron chi connectivity index (χ2n) is 7.01. The molecule has 0 unspecified atom stereocenters. The van der Waals surface area contributed by atoms with Gasteiger partial charge in [-0.3, -0.25) is 4.79 Å². The smallest absolute Gasteiger partial charge is 0.233 e. The first-order valence-electron chi connectivity index (χ1n) is 9.63. The largest absolute Gasteiger partial charge is 0.341 e. The summed E-state index contributed by atoms with van der Waals surface area (Å²) in [5.74, 6) is 0.219. The summed E-state index contributed by atoms with van der Waals surface area (Å²) in [6.07, 6.45) is 3.67. The van der Waals surface area contributed by atoms with Crippen molar-refractivity contribution in [1.82, 2.24) is 29.4 Å². The zero-order valence-electron chi connectivity index (χ0n) is 17.1. The van der Waals surface area contributed by atoms with Crippen molar-refractivity contribution in [3.8, 4) is 17.1 Å². The number of halogens is 1. The van der Waals surface area contributed by atoms with Crippen molar-refractivity contribution >= 4 is 17.7 Å². The average Bonchev–Trinajstić information content (AvgIpc) is 3.40. The lowest BCUT2D eigenvalue weighted by Gasteiger charge is -2.15. The third-order valence-electron chi connectivity index (χ3n) is 4.78. The van der Waals surface area contributed by atoms with Crippen molar-refractivity contribution in [3.63, 3.8) is 0 Å². The Hall–Kier alpha value is -3.46. The number of amides is 1. The normalized spacial score (nSPS) is 10.9. The zero-order chi connectivity index (χ0) is 21.8. The Balaban J connectivity index is 1.36. The molecule has 31 heavy (non-hydrogen) atoms. The summed E-state index contributed by atoms with van der Waals surface area (Å²) in [6, 6.07) is 16.2. The van der Waals surface area contributed by atoms with Gasteiger partial charge in [0.15, 0.2) is 11.0 Å². The molecule has 1 amide bonds. The highest BCUT2D eigenvalue weighted by Gasteiger charge is 2.17. The molecule has 0 N–H and O–H groups in total. The Morgan fingerprint density at radius 2 is 1.84 bits per heavy atom. The Labute approximate surface area is 183 Å². The van der Waals surface area contributed by atoms with Gasteiger partial charge >= 0.3 is 0 Å². The molecule has 2 aromatic carbocycles. The molecule has 0 aliphatic carbocycles. The monoisotopic (exact) mass is 436 g/mol. The van der Waals surface area contributed by atoms with E-state index in [1.54, 1.807) is 52.6 Å². The van der Waals surface area contributed by atoms with Gasteiger partial charge in [0.25, 0.3) is 0 Å². The number of hydrogen-bond donors (Lipinski definition) is 0. The van der Waals surface area contributed by atoms with Crippen molar-refractivity contribution in [2.45, 2.75) is 11.7 Å². The van der Waals surface area contributed by atoms with E-state index in [9.17, 15) is 9.18 Å². The summed E-state index contributed by atoms with van der Waals surface area (Å²) in [7, 11) is 3.51. The molecule has 0 radical (unpaired) electrons. The molecular formula is C22H21FN6OS. The minimum absolute atomic E-state index is 0.0482. The molecular weight excluding hydrogens is 415 g/mol. The summed E-state index contributed by atoms with van der Waals surface area (Å²) in [4.78, 5) is 14.2. The molecule has 4 rings (SSSR count). The van der Waals surface area contributed by atoms with Gasteiger partial charge in [-0.2, -0.15) is 5.10 Å². The van der Waals surface area contributed by atoms with E-state index < -0.39 is 0 Å². The number of rotatable bonds is 7. The van der Waals surface area contributed by atoms with Crippen LogP contribution in [0.2, 0.25) is 0 Å². The molecule has 2 aromatic heterocycles. The summed E-state index contributed by atoms with van der Waals surface area (Å²) in [5.41, 5.74) is 2.28. The molecule has 2 heterocycles. The van der Waals surface area contributed by atoms with Crippen LogP contribution in [0.3, 0.4) is 0 Å².